The van der Waals surface area contributed by atoms with E-state index in [1.165, 1.54) is 0 Å². The Morgan fingerprint density at radius 3 is 2.67 bits per heavy atom. The van der Waals surface area contributed by atoms with Crippen LogP contribution in [-0.2, 0) is 11.2 Å². The van der Waals surface area contributed by atoms with Crippen LogP contribution in [0.3, 0.4) is 0 Å². The summed E-state index contributed by atoms with van der Waals surface area (Å²) in [7, 11) is 0. The molecule has 0 radical (unpaired) electrons. The van der Waals surface area contributed by atoms with E-state index >= 15 is 0 Å². The third kappa shape index (κ3) is 3.93. The van der Waals surface area contributed by atoms with Gasteiger partial charge >= 0.3 is 0 Å². The number of nitro benzene ring substituents is 1. The molecule has 0 unspecified atom stereocenters. The highest BCUT2D eigenvalue weighted by atomic mass is 16.6. The fourth-order valence-corrected chi connectivity index (χ4v) is 2.28. The van der Waals surface area contributed by atoms with Gasteiger partial charge in [0.15, 0.2) is 0 Å². The van der Waals surface area contributed by atoms with E-state index in [0.29, 0.717) is 30.8 Å². The van der Waals surface area contributed by atoms with Gasteiger partial charge in [0.25, 0.3) is 5.69 Å². The molecule has 1 aliphatic rings. The summed E-state index contributed by atoms with van der Waals surface area (Å²) in [5, 5.41) is 17.1. The minimum Gasteiger partial charge on any atom is -0.379 e. The summed E-state index contributed by atoms with van der Waals surface area (Å²) in [6.45, 7) is 7.01. The molecule has 0 aliphatic carbocycles. The molecular formula is C15H21N3O3. The van der Waals surface area contributed by atoms with Gasteiger partial charge < -0.3 is 10.6 Å². The van der Waals surface area contributed by atoms with Crippen molar-refractivity contribution >= 4 is 23.0 Å². The average Bonchev–Trinajstić information content (AvgIpc) is 2.36. The molecule has 1 aromatic rings. The maximum atomic E-state index is 11.4. The summed E-state index contributed by atoms with van der Waals surface area (Å²) in [5.74, 6) is -0.0444. The van der Waals surface area contributed by atoms with Gasteiger partial charge in [-0.15, -0.1) is 0 Å². The molecule has 2 rings (SSSR count). The van der Waals surface area contributed by atoms with Crippen molar-refractivity contribution in [3.05, 3.63) is 27.8 Å². The predicted molar refractivity (Wildman–Crippen MR) is 82.6 cm³/mol. The van der Waals surface area contributed by atoms with E-state index in [1.807, 2.05) is 0 Å². The van der Waals surface area contributed by atoms with Crippen molar-refractivity contribution in [1.29, 1.82) is 0 Å². The summed E-state index contributed by atoms with van der Waals surface area (Å²) in [5.41, 5.74) is 2.19. The molecule has 1 amide bonds. The Balaban J connectivity index is 2.24. The first-order valence-corrected chi connectivity index (χ1v) is 7.11. The van der Waals surface area contributed by atoms with Crippen molar-refractivity contribution in [2.75, 3.05) is 17.2 Å². The lowest BCUT2D eigenvalue weighted by molar-refractivity contribution is -0.384. The Bertz CT molecular complexity index is 576. The Morgan fingerprint density at radius 1 is 1.33 bits per heavy atom. The number of nitrogens with one attached hydrogen (secondary N) is 2. The Kier molecular flexibility index (Phi) is 4.16. The normalized spacial score (nSPS) is 14.3. The number of nitro groups is 1. The second-order valence-corrected chi connectivity index (χ2v) is 6.57. The van der Waals surface area contributed by atoms with E-state index in [1.54, 1.807) is 12.1 Å². The number of hydrogen-bond acceptors (Lipinski definition) is 4. The molecular weight excluding hydrogens is 270 g/mol. The highest BCUT2D eigenvalue weighted by Crippen LogP contribution is 2.34. The van der Waals surface area contributed by atoms with Crippen LogP contribution in [0.1, 0.15) is 39.2 Å². The molecule has 2 N–H and O–H groups in total. The Hall–Kier alpha value is -2.11. The first-order chi connectivity index (χ1) is 9.76. The van der Waals surface area contributed by atoms with Crippen LogP contribution < -0.4 is 10.6 Å². The molecule has 0 bridgehead atoms. The number of anilines is 2. The molecule has 0 saturated heterocycles. The second-order valence-electron chi connectivity index (χ2n) is 6.57. The van der Waals surface area contributed by atoms with Gasteiger partial charge in [0.05, 0.1) is 4.92 Å². The van der Waals surface area contributed by atoms with Crippen molar-refractivity contribution in [1.82, 2.24) is 0 Å². The predicted octanol–water partition coefficient (Wildman–Crippen LogP) is 3.33. The quantitative estimate of drug-likeness (QED) is 0.658. The zero-order valence-corrected chi connectivity index (χ0v) is 12.7. The number of carbonyl (C=O) groups is 1. The van der Waals surface area contributed by atoms with Gasteiger partial charge in [-0.2, -0.15) is 0 Å². The number of benzene rings is 1. The van der Waals surface area contributed by atoms with Crippen molar-refractivity contribution in [3.8, 4) is 0 Å². The zero-order chi connectivity index (χ0) is 15.6. The zero-order valence-electron chi connectivity index (χ0n) is 12.7. The summed E-state index contributed by atoms with van der Waals surface area (Å²) in [4.78, 5) is 22.3. The van der Waals surface area contributed by atoms with Crippen LogP contribution in [-0.4, -0.2) is 17.4 Å². The highest BCUT2D eigenvalue weighted by molar-refractivity contribution is 5.95. The standard InChI is InChI=1S/C15H21N3O3/c1-15(2,3)6-7-16-12-9-11-10(4-5-14(19)17-11)8-13(12)18(20)21/h8-9,16H,4-7H2,1-3H3,(H,17,19). The van der Waals surface area contributed by atoms with E-state index in [9.17, 15) is 14.9 Å². The SMILES string of the molecule is CC(C)(C)CCNc1cc2c(cc1[N+](=O)[O-])CCC(=O)N2. The Morgan fingerprint density at radius 2 is 2.05 bits per heavy atom. The Labute approximate surface area is 124 Å². The van der Waals surface area contributed by atoms with Crippen LogP contribution in [0, 0.1) is 15.5 Å². The number of nitrogens with zero attached hydrogens (tertiary/aromatic N) is 1. The van der Waals surface area contributed by atoms with Gasteiger partial charge in [-0.1, -0.05) is 20.8 Å². The van der Waals surface area contributed by atoms with Gasteiger partial charge in [-0.05, 0) is 29.9 Å². The topological polar surface area (TPSA) is 84.3 Å². The van der Waals surface area contributed by atoms with Crippen LogP contribution in [0.5, 0.6) is 0 Å². The number of aryl methyl sites for hydroxylation is 1. The summed E-state index contributed by atoms with van der Waals surface area (Å²) in [6, 6.07) is 3.24. The molecule has 0 saturated carbocycles. The van der Waals surface area contributed by atoms with E-state index < -0.39 is 0 Å². The lowest BCUT2D eigenvalue weighted by Crippen LogP contribution is -2.20. The van der Waals surface area contributed by atoms with Crippen LogP contribution in [0.25, 0.3) is 0 Å². The molecule has 0 atom stereocenters. The lowest BCUT2D eigenvalue weighted by atomic mass is 9.92. The van der Waals surface area contributed by atoms with Crippen molar-refractivity contribution < 1.29 is 9.72 Å². The van der Waals surface area contributed by atoms with E-state index in [-0.39, 0.29) is 21.9 Å². The maximum Gasteiger partial charge on any atom is 0.292 e. The van der Waals surface area contributed by atoms with E-state index in [0.717, 1.165) is 12.0 Å². The van der Waals surface area contributed by atoms with Crippen molar-refractivity contribution in [3.63, 3.8) is 0 Å². The maximum absolute atomic E-state index is 11.4. The third-order valence-corrected chi connectivity index (χ3v) is 3.50. The first-order valence-electron chi connectivity index (χ1n) is 7.11. The van der Waals surface area contributed by atoms with Gasteiger partial charge in [0.1, 0.15) is 5.69 Å². The minimum absolute atomic E-state index is 0.0444. The molecule has 6 heteroatoms. The molecule has 21 heavy (non-hydrogen) atoms. The molecule has 1 heterocycles. The third-order valence-electron chi connectivity index (χ3n) is 3.50. The van der Waals surface area contributed by atoms with Gasteiger partial charge in [0, 0.05) is 24.7 Å². The number of carbonyl (C=O) groups excluding carboxylic acids is 1. The fourth-order valence-electron chi connectivity index (χ4n) is 2.28. The van der Waals surface area contributed by atoms with Crippen LogP contribution >= 0.6 is 0 Å². The molecule has 0 fully saturated rings. The second kappa shape index (κ2) is 5.71. The summed E-state index contributed by atoms with van der Waals surface area (Å²) >= 11 is 0. The van der Waals surface area contributed by atoms with Crippen LogP contribution in [0.2, 0.25) is 0 Å². The highest BCUT2D eigenvalue weighted by Gasteiger charge is 2.22. The monoisotopic (exact) mass is 291 g/mol. The summed E-state index contributed by atoms with van der Waals surface area (Å²) < 4.78 is 0. The minimum atomic E-state index is -0.379. The van der Waals surface area contributed by atoms with Crippen LogP contribution in [0.15, 0.2) is 12.1 Å². The van der Waals surface area contributed by atoms with Crippen LogP contribution in [0.4, 0.5) is 17.1 Å². The van der Waals surface area contributed by atoms with Gasteiger partial charge in [-0.3, -0.25) is 14.9 Å². The number of fused-ring (bicyclic) bond motifs is 1. The largest absolute Gasteiger partial charge is 0.379 e. The number of amides is 1. The molecule has 114 valence electrons. The average molecular weight is 291 g/mol. The molecule has 0 spiro atoms. The van der Waals surface area contributed by atoms with Gasteiger partial charge in [-0.25, -0.2) is 0 Å². The fraction of sp³-hybridized carbons (Fsp3) is 0.533. The first kappa shape index (κ1) is 15.3. The number of rotatable bonds is 4. The summed E-state index contributed by atoms with van der Waals surface area (Å²) in [6.07, 6.45) is 1.82. The van der Waals surface area contributed by atoms with E-state index in [2.05, 4.69) is 31.4 Å². The van der Waals surface area contributed by atoms with Crippen molar-refractivity contribution in [2.24, 2.45) is 5.41 Å². The van der Waals surface area contributed by atoms with Gasteiger partial charge in [0.2, 0.25) is 5.91 Å². The number of hydrogen-bond donors (Lipinski definition) is 2. The lowest BCUT2D eigenvalue weighted by Gasteiger charge is -2.20. The molecule has 0 aromatic heterocycles. The molecule has 1 aliphatic heterocycles. The van der Waals surface area contributed by atoms with Crippen molar-refractivity contribution in [2.45, 2.75) is 40.0 Å². The smallest absolute Gasteiger partial charge is 0.292 e. The molecule has 1 aromatic carbocycles. The molecule has 6 nitrogen and oxygen atoms in total. The van der Waals surface area contributed by atoms with E-state index in [4.69, 9.17) is 0 Å².